The third-order valence-electron chi connectivity index (χ3n) is 2.52. The van der Waals surface area contributed by atoms with E-state index in [1.54, 1.807) is 24.3 Å². The van der Waals surface area contributed by atoms with Gasteiger partial charge >= 0.3 is 5.97 Å². The molecule has 1 aliphatic rings. The molecule has 2 rings (SSSR count). The van der Waals surface area contributed by atoms with Crippen molar-refractivity contribution in [3.05, 3.63) is 34.3 Å². The van der Waals surface area contributed by atoms with Gasteiger partial charge in [-0.2, -0.15) is 0 Å². The predicted octanol–water partition coefficient (Wildman–Crippen LogP) is 2.72. The second-order valence-corrected chi connectivity index (χ2v) is 4.38. The van der Waals surface area contributed by atoms with Gasteiger partial charge in [-0.1, -0.05) is 28.1 Å². The topological polar surface area (TPSA) is 37.3 Å². The maximum atomic E-state index is 13.9. The summed E-state index contributed by atoms with van der Waals surface area (Å²) in [6.45, 7) is 0. The molecule has 0 amide bonds. The van der Waals surface area contributed by atoms with Gasteiger partial charge in [0.25, 0.3) is 0 Å². The van der Waals surface area contributed by atoms with Crippen molar-refractivity contribution < 1.29 is 14.3 Å². The Balaban J connectivity index is 2.25. The van der Waals surface area contributed by atoms with Crippen LogP contribution in [0.2, 0.25) is 0 Å². The number of hydrogen-bond acceptors (Lipinski definition) is 1. The monoisotopic (exact) mass is 258 g/mol. The van der Waals surface area contributed by atoms with E-state index < -0.39 is 17.6 Å². The fraction of sp³-hybridized carbons (Fsp3) is 0.300. The average molecular weight is 259 g/mol. The Morgan fingerprint density at radius 2 is 2.07 bits per heavy atom. The summed E-state index contributed by atoms with van der Waals surface area (Å²) in [5.74, 6) is -1.93. The van der Waals surface area contributed by atoms with Gasteiger partial charge in [0.05, 0.1) is 5.92 Å². The Hall–Kier alpha value is -0.900. The zero-order chi connectivity index (χ0) is 10.3. The highest BCUT2D eigenvalue weighted by Gasteiger charge is 2.61. The van der Waals surface area contributed by atoms with Gasteiger partial charge in [0.1, 0.15) is 5.67 Å². The number of carboxylic acids is 1. The van der Waals surface area contributed by atoms with Crippen molar-refractivity contribution in [2.75, 3.05) is 0 Å². The maximum Gasteiger partial charge on any atom is 0.310 e. The van der Waals surface area contributed by atoms with Crippen LogP contribution < -0.4 is 0 Å². The maximum absolute atomic E-state index is 13.9. The molecule has 1 aromatic carbocycles. The van der Waals surface area contributed by atoms with E-state index in [2.05, 4.69) is 15.9 Å². The molecular weight excluding hydrogens is 251 g/mol. The lowest BCUT2D eigenvalue weighted by molar-refractivity contribution is -0.139. The van der Waals surface area contributed by atoms with E-state index in [-0.39, 0.29) is 6.42 Å². The number of carbonyl (C=O) groups is 1. The van der Waals surface area contributed by atoms with E-state index in [1.165, 1.54) is 0 Å². The minimum absolute atomic E-state index is 0.0873. The predicted molar refractivity (Wildman–Crippen MR) is 52.7 cm³/mol. The number of hydrogen-bond donors (Lipinski definition) is 1. The van der Waals surface area contributed by atoms with Crippen LogP contribution in [-0.4, -0.2) is 11.1 Å². The van der Waals surface area contributed by atoms with Gasteiger partial charge in [0.15, 0.2) is 0 Å². The van der Waals surface area contributed by atoms with Crippen LogP contribution in [0.15, 0.2) is 28.7 Å². The Morgan fingerprint density at radius 1 is 1.50 bits per heavy atom. The molecule has 0 aromatic heterocycles. The molecule has 0 bridgehead atoms. The summed E-state index contributed by atoms with van der Waals surface area (Å²) in [4.78, 5) is 10.6. The molecule has 2 nitrogen and oxygen atoms in total. The first-order valence-electron chi connectivity index (χ1n) is 4.22. The smallest absolute Gasteiger partial charge is 0.310 e. The minimum Gasteiger partial charge on any atom is -0.481 e. The molecule has 14 heavy (non-hydrogen) atoms. The molecule has 1 aliphatic carbocycles. The first-order valence-corrected chi connectivity index (χ1v) is 5.01. The summed E-state index contributed by atoms with van der Waals surface area (Å²) in [7, 11) is 0. The first-order chi connectivity index (χ1) is 6.54. The second-order valence-electron chi connectivity index (χ2n) is 3.46. The molecule has 2 atom stereocenters. The largest absolute Gasteiger partial charge is 0.481 e. The average Bonchev–Trinajstić information content (AvgIpc) is 2.80. The Kier molecular flexibility index (Phi) is 2.10. The molecule has 0 spiro atoms. The van der Waals surface area contributed by atoms with Crippen LogP contribution in [0.1, 0.15) is 12.0 Å². The quantitative estimate of drug-likeness (QED) is 0.886. The summed E-state index contributed by atoms with van der Waals surface area (Å²) in [6.07, 6.45) is 0.0873. The molecular formula is C10H8BrFO2. The van der Waals surface area contributed by atoms with Crippen LogP contribution in [0, 0.1) is 5.92 Å². The van der Waals surface area contributed by atoms with Crippen LogP contribution >= 0.6 is 15.9 Å². The summed E-state index contributed by atoms with van der Waals surface area (Å²) in [5.41, 5.74) is -1.19. The van der Waals surface area contributed by atoms with Gasteiger partial charge in [-0.25, -0.2) is 4.39 Å². The lowest BCUT2D eigenvalue weighted by atomic mass is 10.1. The van der Waals surface area contributed by atoms with Crippen molar-refractivity contribution in [2.45, 2.75) is 12.1 Å². The second kappa shape index (κ2) is 3.05. The molecule has 0 aliphatic heterocycles. The van der Waals surface area contributed by atoms with Gasteiger partial charge in [-0.15, -0.1) is 0 Å². The third kappa shape index (κ3) is 1.43. The lowest BCUT2D eigenvalue weighted by Crippen LogP contribution is -2.09. The van der Waals surface area contributed by atoms with Crippen molar-refractivity contribution in [1.29, 1.82) is 0 Å². The standard InChI is InChI=1S/C10H8BrFO2/c11-7-3-1-6(2-4-7)10(12)5-8(10)9(13)14/h1-4,8H,5H2,(H,13,14)/t8-,10+/m1/s1. The molecule has 1 N–H and O–H groups in total. The third-order valence-corrected chi connectivity index (χ3v) is 3.04. The normalized spacial score (nSPS) is 30.0. The highest BCUT2D eigenvalue weighted by molar-refractivity contribution is 9.10. The number of halogens is 2. The van der Waals surface area contributed by atoms with Gasteiger partial charge < -0.3 is 5.11 Å². The Labute approximate surface area is 88.9 Å². The summed E-state index contributed by atoms with van der Waals surface area (Å²) in [5, 5.41) is 8.66. The number of alkyl halides is 1. The summed E-state index contributed by atoms with van der Waals surface area (Å²) < 4.78 is 14.7. The van der Waals surface area contributed by atoms with Crippen LogP contribution in [0.3, 0.4) is 0 Å². The summed E-state index contributed by atoms with van der Waals surface area (Å²) >= 11 is 3.24. The number of carboxylic acid groups (broad SMARTS) is 1. The van der Waals surface area contributed by atoms with Crippen LogP contribution in [-0.2, 0) is 10.5 Å². The van der Waals surface area contributed by atoms with Crippen molar-refractivity contribution in [1.82, 2.24) is 0 Å². The number of aliphatic carboxylic acids is 1. The van der Waals surface area contributed by atoms with E-state index in [0.29, 0.717) is 5.56 Å². The van der Waals surface area contributed by atoms with Crippen LogP contribution in [0.25, 0.3) is 0 Å². The van der Waals surface area contributed by atoms with E-state index in [4.69, 9.17) is 5.11 Å². The molecule has 0 heterocycles. The molecule has 1 saturated carbocycles. The molecule has 4 heteroatoms. The molecule has 1 aromatic rings. The van der Waals surface area contributed by atoms with Crippen molar-refractivity contribution in [3.63, 3.8) is 0 Å². The number of rotatable bonds is 2. The van der Waals surface area contributed by atoms with E-state index in [1.807, 2.05) is 0 Å². The minimum atomic E-state index is -1.65. The van der Waals surface area contributed by atoms with Gasteiger partial charge in [0, 0.05) is 10.9 Å². The first kappa shape index (κ1) is 9.65. The van der Waals surface area contributed by atoms with Gasteiger partial charge in [-0.05, 0) is 17.7 Å². The zero-order valence-electron chi connectivity index (χ0n) is 7.21. The SMILES string of the molecule is O=C(O)[C@H]1C[C@]1(F)c1ccc(Br)cc1. The van der Waals surface area contributed by atoms with Crippen molar-refractivity contribution in [3.8, 4) is 0 Å². The summed E-state index contributed by atoms with van der Waals surface area (Å²) in [6, 6.07) is 6.67. The molecule has 0 saturated heterocycles. The fourth-order valence-electron chi connectivity index (χ4n) is 1.57. The number of benzene rings is 1. The van der Waals surface area contributed by atoms with Crippen LogP contribution in [0.5, 0.6) is 0 Å². The molecule has 0 radical (unpaired) electrons. The van der Waals surface area contributed by atoms with Gasteiger partial charge in [-0.3, -0.25) is 4.79 Å². The van der Waals surface area contributed by atoms with Crippen molar-refractivity contribution in [2.24, 2.45) is 5.92 Å². The van der Waals surface area contributed by atoms with Gasteiger partial charge in [0.2, 0.25) is 0 Å². The molecule has 74 valence electrons. The van der Waals surface area contributed by atoms with E-state index in [9.17, 15) is 9.18 Å². The lowest BCUT2D eigenvalue weighted by Gasteiger charge is -2.05. The molecule has 1 fully saturated rings. The van der Waals surface area contributed by atoms with Crippen LogP contribution in [0.4, 0.5) is 4.39 Å². The zero-order valence-corrected chi connectivity index (χ0v) is 8.79. The fourth-order valence-corrected chi connectivity index (χ4v) is 1.83. The highest BCUT2D eigenvalue weighted by atomic mass is 79.9. The van der Waals surface area contributed by atoms with E-state index >= 15 is 0 Å². The van der Waals surface area contributed by atoms with Crippen molar-refractivity contribution >= 4 is 21.9 Å². The molecule has 0 unspecified atom stereocenters. The Bertz CT molecular complexity index is 376. The highest BCUT2D eigenvalue weighted by Crippen LogP contribution is 2.55. The Morgan fingerprint density at radius 3 is 2.50 bits per heavy atom. The van der Waals surface area contributed by atoms with E-state index in [0.717, 1.165) is 4.47 Å².